The molecule has 2 aromatic rings. The zero-order valence-corrected chi connectivity index (χ0v) is 15.8. The molecule has 2 N–H and O–H groups in total. The molecule has 0 saturated heterocycles. The van der Waals surface area contributed by atoms with Crippen molar-refractivity contribution in [3.63, 3.8) is 0 Å². The molecule has 1 amide bonds. The summed E-state index contributed by atoms with van der Waals surface area (Å²) in [7, 11) is 1.57. The molecule has 2 aromatic carbocycles. The van der Waals surface area contributed by atoms with Gasteiger partial charge in [0.05, 0.1) is 12.1 Å². The molecule has 24 heavy (non-hydrogen) atoms. The normalized spacial score (nSPS) is 9.96. The van der Waals surface area contributed by atoms with E-state index in [0.29, 0.717) is 22.2 Å². The first-order valence-electron chi connectivity index (χ1n) is 6.80. The molecule has 8 heteroatoms. The molecule has 0 aliphatic carbocycles. The van der Waals surface area contributed by atoms with E-state index in [4.69, 9.17) is 33.3 Å². The van der Waals surface area contributed by atoms with E-state index < -0.39 is 5.91 Å². The first-order valence-corrected chi connectivity index (χ1v) is 8.38. The van der Waals surface area contributed by atoms with Crippen LogP contribution in [-0.2, 0) is 4.79 Å². The second kappa shape index (κ2) is 8.86. The van der Waals surface area contributed by atoms with Crippen LogP contribution in [0.1, 0.15) is 0 Å². The van der Waals surface area contributed by atoms with Crippen LogP contribution < -0.4 is 20.1 Å². The third-order valence-electron chi connectivity index (χ3n) is 2.83. The molecule has 2 rings (SSSR count). The highest BCUT2D eigenvalue weighted by Gasteiger charge is 2.08. The van der Waals surface area contributed by atoms with Gasteiger partial charge in [0.2, 0.25) is 0 Å². The van der Waals surface area contributed by atoms with Crippen LogP contribution in [0.15, 0.2) is 46.9 Å². The molecule has 0 radical (unpaired) electrons. The lowest BCUT2D eigenvalue weighted by atomic mass is 10.3. The minimum Gasteiger partial charge on any atom is -0.497 e. The third-order valence-corrected chi connectivity index (χ3v) is 3.83. The number of hydrogen-bond acceptors (Lipinski definition) is 4. The van der Waals surface area contributed by atoms with E-state index in [9.17, 15) is 4.79 Å². The standard InChI is InChI=1S/C16H14BrClN2O3S/c1-22-12-4-2-3-11(8-12)19-16(24)20-15(21)9-23-14-6-5-10(17)7-13(14)18/h2-8H,9H2,1H3,(H2,19,20,21,24). The molecular formula is C16H14BrClN2O3S. The van der Waals surface area contributed by atoms with Crippen LogP contribution >= 0.6 is 39.7 Å². The Labute approximate surface area is 158 Å². The Morgan fingerprint density at radius 3 is 2.79 bits per heavy atom. The molecule has 0 bridgehead atoms. The SMILES string of the molecule is COc1cccc(NC(=S)NC(=O)COc2ccc(Br)cc2Cl)c1. The molecule has 0 aliphatic rings. The molecule has 0 aromatic heterocycles. The van der Waals surface area contributed by atoms with Crippen molar-refractivity contribution in [1.82, 2.24) is 5.32 Å². The lowest BCUT2D eigenvalue weighted by Crippen LogP contribution is -2.37. The zero-order chi connectivity index (χ0) is 17.5. The first-order chi connectivity index (χ1) is 11.5. The van der Waals surface area contributed by atoms with E-state index in [1.807, 2.05) is 12.1 Å². The molecular weight excluding hydrogens is 416 g/mol. The van der Waals surface area contributed by atoms with E-state index in [0.717, 1.165) is 4.47 Å². The predicted octanol–water partition coefficient (Wildman–Crippen LogP) is 4.00. The number of anilines is 1. The highest BCUT2D eigenvalue weighted by Crippen LogP contribution is 2.27. The Balaban J connectivity index is 1.84. The van der Waals surface area contributed by atoms with Gasteiger partial charge in [-0.2, -0.15) is 0 Å². The number of thiocarbonyl (C=S) groups is 1. The maximum Gasteiger partial charge on any atom is 0.264 e. The Morgan fingerprint density at radius 1 is 1.29 bits per heavy atom. The molecule has 0 saturated carbocycles. The van der Waals surface area contributed by atoms with Gasteiger partial charge in [-0.25, -0.2) is 0 Å². The summed E-state index contributed by atoms with van der Waals surface area (Å²) in [5.74, 6) is 0.707. The number of hydrogen-bond donors (Lipinski definition) is 2. The number of methoxy groups -OCH3 is 1. The van der Waals surface area contributed by atoms with Gasteiger partial charge in [0.25, 0.3) is 5.91 Å². The molecule has 0 aliphatic heterocycles. The second-order valence-corrected chi connectivity index (χ2v) is 6.33. The van der Waals surface area contributed by atoms with Crippen molar-refractivity contribution >= 4 is 56.5 Å². The number of amides is 1. The lowest BCUT2D eigenvalue weighted by molar-refractivity contribution is -0.121. The molecule has 0 atom stereocenters. The summed E-state index contributed by atoms with van der Waals surface area (Å²) in [6, 6.07) is 12.3. The first kappa shape index (κ1) is 18.5. The lowest BCUT2D eigenvalue weighted by Gasteiger charge is -2.11. The Bertz CT molecular complexity index is 758. The highest BCUT2D eigenvalue weighted by molar-refractivity contribution is 9.10. The number of ether oxygens (including phenoxy) is 2. The van der Waals surface area contributed by atoms with Crippen LogP contribution in [0.5, 0.6) is 11.5 Å². The zero-order valence-electron chi connectivity index (χ0n) is 12.6. The van der Waals surface area contributed by atoms with Crippen molar-refractivity contribution in [3.8, 4) is 11.5 Å². The number of benzene rings is 2. The molecule has 0 heterocycles. The summed E-state index contributed by atoms with van der Waals surface area (Å²) in [6.07, 6.45) is 0. The summed E-state index contributed by atoms with van der Waals surface area (Å²) in [5.41, 5.74) is 0.705. The average molecular weight is 430 g/mol. The van der Waals surface area contributed by atoms with E-state index in [2.05, 4.69) is 26.6 Å². The van der Waals surface area contributed by atoms with Crippen LogP contribution in [0.25, 0.3) is 0 Å². The number of carbonyl (C=O) groups excluding carboxylic acids is 1. The monoisotopic (exact) mass is 428 g/mol. The van der Waals surface area contributed by atoms with Gasteiger partial charge in [0, 0.05) is 16.2 Å². The fourth-order valence-corrected chi connectivity index (χ4v) is 2.72. The van der Waals surface area contributed by atoms with Gasteiger partial charge in [-0.1, -0.05) is 33.6 Å². The van der Waals surface area contributed by atoms with Crippen LogP contribution in [-0.4, -0.2) is 24.7 Å². The van der Waals surface area contributed by atoms with Gasteiger partial charge in [-0.3, -0.25) is 10.1 Å². The van der Waals surface area contributed by atoms with Crippen LogP contribution in [0.4, 0.5) is 5.69 Å². The van der Waals surface area contributed by atoms with Gasteiger partial charge in [0.1, 0.15) is 11.5 Å². The number of nitrogens with one attached hydrogen (secondary N) is 2. The summed E-state index contributed by atoms with van der Waals surface area (Å²) >= 11 is 14.4. The van der Waals surface area contributed by atoms with Gasteiger partial charge in [-0.15, -0.1) is 0 Å². The van der Waals surface area contributed by atoms with Crippen molar-refractivity contribution in [2.24, 2.45) is 0 Å². The van der Waals surface area contributed by atoms with Crippen molar-refractivity contribution in [2.75, 3.05) is 19.0 Å². The smallest absolute Gasteiger partial charge is 0.264 e. The van der Waals surface area contributed by atoms with Crippen molar-refractivity contribution in [1.29, 1.82) is 0 Å². The number of carbonyl (C=O) groups is 1. The van der Waals surface area contributed by atoms with E-state index in [1.54, 1.807) is 37.4 Å². The Kier molecular flexibility index (Phi) is 6.84. The predicted molar refractivity (Wildman–Crippen MR) is 102 cm³/mol. The molecule has 126 valence electrons. The van der Waals surface area contributed by atoms with Crippen molar-refractivity contribution < 1.29 is 14.3 Å². The third kappa shape index (κ3) is 5.67. The van der Waals surface area contributed by atoms with Gasteiger partial charge in [0.15, 0.2) is 11.7 Å². The van der Waals surface area contributed by atoms with E-state index >= 15 is 0 Å². The molecule has 5 nitrogen and oxygen atoms in total. The van der Waals surface area contributed by atoms with E-state index in [1.165, 1.54) is 0 Å². The minimum atomic E-state index is -0.394. The fourth-order valence-electron chi connectivity index (χ4n) is 1.76. The minimum absolute atomic E-state index is 0.166. The summed E-state index contributed by atoms with van der Waals surface area (Å²) in [5, 5.41) is 6.00. The Hall–Kier alpha value is -1.83. The van der Waals surface area contributed by atoms with Gasteiger partial charge in [-0.05, 0) is 42.5 Å². The van der Waals surface area contributed by atoms with Crippen LogP contribution in [0.3, 0.4) is 0 Å². The summed E-state index contributed by atoms with van der Waals surface area (Å²) in [4.78, 5) is 11.9. The average Bonchev–Trinajstić information content (AvgIpc) is 2.54. The fraction of sp³-hybridized carbons (Fsp3) is 0.125. The quantitative estimate of drug-likeness (QED) is 0.704. The van der Waals surface area contributed by atoms with Crippen molar-refractivity contribution in [2.45, 2.75) is 0 Å². The molecule has 0 fully saturated rings. The van der Waals surface area contributed by atoms with Crippen LogP contribution in [0, 0.1) is 0 Å². The highest BCUT2D eigenvalue weighted by atomic mass is 79.9. The topological polar surface area (TPSA) is 59.6 Å². The van der Waals surface area contributed by atoms with Crippen LogP contribution in [0.2, 0.25) is 5.02 Å². The van der Waals surface area contributed by atoms with Gasteiger partial charge < -0.3 is 14.8 Å². The number of rotatable bonds is 5. The van der Waals surface area contributed by atoms with Crippen molar-refractivity contribution in [3.05, 3.63) is 52.0 Å². The van der Waals surface area contributed by atoms with Gasteiger partial charge >= 0.3 is 0 Å². The maximum atomic E-state index is 11.9. The maximum absolute atomic E-state index is 11.9. The Morgan fingerprint density at radius 2 is 2.08 bits per heavy atom. The van der Waals surface area contributed by atoms with E-state index in [-0.39, 0.29) is 11.7 Å². The number of halogens is 2. The summed E-state index contributed by atoms with van der Waals surface area (Å²) < 4.78 is 11.3. The molecule has 0 unspecified atom stereocenters. The second-order valence-electron chi connectivity index (χ2n) is 4.60. The summed E-state index contributed by atoms with van der Waals surface area (Å²) in [6.45, 7) is -0.207. The largest absolute Gasteiger partial charge is 0.497 e. The molecule has 0 spiro atoms.